The minimum absolute atomic E-state index is 0.134. The Hall–Kier alpha value is -3.20. The second-order valence-corrected chi connectivity index (χ2v) is 11.0. The van der Waals surface area contributed by atoms with Crippen LogP contribution < -0.4 is 10.2 Å². The number of urea groups is 1. The van der Waals surface area contributed by atoms with Crippen molar-refractivity contribution in [2.24, 2.45) is 5.92 Å². The molecule has 1 saturated heterocycles. The fourth-order valence-electron chi connectivity index (χ4n) is 5.16. The number of hydrogen-bond acceptors (Lipinski definition) is 7. The summed E-state index contributed by atoms with van der Waals surface area (Å²) in [7, 11) is 0. The summed E-state index contributed by atoms with van der Waals surface area (Å²) in [5, 5.41) is 4.20. The number of anilines is 2. The highest BCUT2D eigenvalue weighted by atomic mass is 32.1. The zero-order valence-corrected chi connectivity index (χ0v) is 22.7. The molecule has 0 saturated carbocycles. The summed E-state index contributed by atoms with van der Waals surface area (Å²) in [6.45, 7) is 9.30. The molecular formula is C28H35N5O3S. The molecule has 3 aromatic rings. The highest BCUT2D eigenvalue weighted by Gasteiger charge is 2.28. The highest BCUT2D eigenvalue weighted by molar-refractivity contribution is 7.19. The van der Waals surface area contributed by atoms with Crippen LogP contribution in [0.3, 0.4) is 0 Å². The molecule has 2 aliphatic rings. The molecule has 8 nitrogen and oxygen atoms in total. The number of carbonyl (C=O) groups is 2. The fourth-order valence-corrected chi connectivity index (χ4v) is 6.55. The largest absolute Gasteiger partial charge is 0.462 e. The lowest BCUT2D eigenvalue weighted by atomic mass is 9.89. The van der Waals surface area contributed by atoms with Gasteiger partial charge >= 0.3 is 12.0 Å². The quantitative estimate of drug-likeness (QED) is 0.443. The SMILES string of the molecule is CCCc1nc(N2CCN(C(=O)Nc3ccc(C(=O)OCC)cc3)CC2)c2c3c(sc2n1)CC(C)CC3. The van der Waals surface area contributed by atoms with E-state index in [-0.39, 0.29) is 12.0 Å². The molecule has 2 amide bonds. The number of benzene rings is 1. The van der Waals surface area contributed by atoms with Crippen LogP contribution in [-0.2, 0) is 24.0 Å². The molecule has 196 valence electrons. The van der Waals surface area contributed by atoms with Gasteiger partial charge in [-0.2, -0.15) is 0 Å². The molecule has 1 aliphatic heterocycles. The Kier molecular flexibility index (Phi) is 7.60. The van der Waals surface area contributed by atoms with Crippen LogP contribution in [0.1, 0.15) is 60.2 Å². The first-order valence-corrected chi connectivity index (χ1v) is 14.2. The maximum atomic E-state index is 12.9. The summed E-state index contributed by atoms with van der Waals surface area (Å²) in [6.07, 6.45) is 5.33. The van der Waals surface area contributed by atoms with Crippen LogP contribution in [0.2, 0.25) is 0 Å². The van der Waals surface area contributed by atoms with E-state index in [1.54, 1.807) is 31.2 Å². The number of esters is 1. The van der Waals surface area contributed by atoms with Crippen molar-refractivity contribution < 1.29 is 14.3 Å². The van der Waals surface area contributed by atoms with Gasteiger partial charge in [0.25, 0.3) is 0 Å². The Balaban J connectivity index is 1.29. The summed E-state index contributed by atoms with van der Waals surface area (Å²) in [5.74, 6) is 2.33. The number of piperazine rings is 1. The average Bonchev–Trinajstić information content (AvgIpc) is 3.26. The number of nitrogens with one attached hydrogen (secondary N) is 1. The first-order chi connectivity index (χ1) is 18.0. The zero-order chi connectivity index (χ0) is 25.9. The smallest absolute Gasteiger partial charge is 0.338 e. The number of aromatic nitrogens is 2. The number of aryl methyl sites for hydroxylation is 2. The van der Waals surface area contributed by atoms with Crippen LogP contribution in [0.25, 0.3) is 10.2 Å². The fraction of sp³-hybridized carbons (Fsp3) is 0.500. The second kappa shape index (κ2) is 11.0. The number of amides is 2. The predicted octanol–water partition coefficient (Wildman–Crippen LogP) is 5.30. The van der Waals surface area contributed by atoms with Crippen molar-refractivity contribution in [3.63, 3.8) is 0 Å². The standard InChI is InChI=1S/C28H35N5O3S/c1-4-6-23-30-25(24-21-12-7-18(3)17-22(21)37-26(24)31-23)32-13-15-33(16-14-32)28(35)29-20-10-8-19(9-11-20)27(34)36-5-2/h8-11,18H,4-7,12-17H2,1-3H3,(H,29,35). The summed E-state index contributed by atoms with van der Waals surface area (Å²) < 4.78 is 5.02. The second-order valence-electron chi connectivity index (χ2n) is 9.95. The number of ether oxygens (including phenoxy) is 1. The number of nitrogens with zero attached hydrogens (tertiary/aromatic N) is 4. The zero-order valence-electron chi connectivity index (χ0n) is 21.9. The highest BCUT2D eigenvalue weighted by Crippen LogP contribution is 2.41. The minimum atomic E-state index is -0.362. The van der Waals surface area contributed by atoms with E-state index in [0.29, 0.717) is 30.9 Å². The van der Waals surface area contributed by atoms with E-state index in [1.807, 2.05) is 16.2 Å². The topological polar surface area (TPSA) is 87.7 Å². The summed E-state index contributed by atoms with van der Waals surface area (Å²) in [5.41, 5.74) is 2.57. The molecule has 1 aromatic carbocycles. The summed E-state index contributed by atoms with van der Waals surface area (Å²) in [6, 6.07) is 6.66. The van der Waals surface area contributed by atoms with Crippen LogP contribution in [0, 0.1) is 5.92 Å². The van der Waals surface area contributed by atoms with E-state index < -0.39 is 0 Å². The molecule has 1 fully saturated rings. The molecule has 1 atom stereocenters. The van der Waals surface area contributed by atoms with E-state index in [9.17, 15) is 9.59 Å². The van der Waals surface area contributed by atoms with Crippen LogP contribution in [0.4, 0.5) is 16.3 Å². The normalized spacial score (nSPS) is 17.5. The van der Waals surface area contributed by atoms with E-state index in [2.05, 4.69) is 24.1 Å². The molecule has 5 rings (SSSR count). The first kappa shape index (κ1) is 25.4. The number of fused-ring (bicyclic) bond motifs is 3. The Labute approximate surface area is 222 Å². The first-order valence-electron chi connectivity index (χ1n) is 13.4. The third-order valence-electron chi connectivity index (χ3n) is 7.17. The monoisotopic (exact) mass is 521 g/mol. The van der Waals surface area contributed by atoms with Crippen molar-refractivity contribution in [2.45, 2.75) is 52.9 Å². The van der Waals surface area contributed by atoms with Gasteiger partial charge < -0.3 is 19.9 Å². The summed E-state index contributed by atoms with van der Waals surface area (Å²) >= 11 is 1.85. The maximum absolute atomic E-state index is 12.9. The molecule has 37 heavy (non-hydrogen) atoms. The molecule has 0 bridgehead atoms. The Morgan fingerprint density at radius 3 is 2.57 bits per heavy atom. The summed E-state index contributed by atoms with van der Waals surface area (Å²) in [4.78, 5) is 41.6. The Morgan fingerprint density at radius 1 is 1.11 bits per heavy atom. The van der Waals surface area contributed by atoms with Crippen molar-refractivity contribution in [1.29, 1.82) is 0 Å². The van der Waals surface area contributed by atoms with Crippen molar-refractivity contribution in [3.05, 3.63) is 46.1 Å². The van der Waals surface area contributed by atoms with Crippen LogP contribution in [0.15, 0.2) is 24.3 Å². The molecule has 1 aliphatic carbocycles. The molecule has 1 unspecified atom stereocenters. The van der Waals surface area contributed by atoms with Gasteiger partial charge in [0.1, 0.15) is 16.5 Å². The van der Waals surface area contributed by atoms with Gasteiger partial charge in [-0.15, -0.1) is 11.3 Å². The van der Waals surface area contributed by atoms with E-state index >= 15 is 0 Å². The number of hydrogen-bond donors (Lipinski definition) is 1. The van der Waals surface area contributed by atoms with Gasteiger partial charge in [-0.05, 0) is 68.4 Å². The lowest BCUT2D eigenvalue weighted by Gasteiger charge is -2.36. The Morgan fingerprint density at radius 2 is 1.86 bits per heavy atom. The van der Waals surface area contributed by atoms with Crippen LogP contribution in [-0.4, -0.2) is 59.7 Å². The van der Waals surface area contributed by atoms with Gasteiger partial charge in [0.2, 0.25) is 0 Å². The van der Waals surface area contributed by atoms with Gasteiger partial charge in [0, 0.05) is 43.2 Å². The molecule has 2 aromatic heterocycles. The van der Waals surface area contributed by atoms with E-state index in [1.165, 1.54) is 22.2 Å². The third kappa shape index (κ3) is 5.42. The molecule has 0 spiro atoms. The number of thiophene rings is 1. The lowest BCUT2D eigenvalue weighted by Crippen LogP contribution is -2.50. The molecule has 0 radical (unpaired) electrons. The van der Waals surface area contributed by atoms with Gasteiger partial charge in [0.15, 0.2) is 0 Å². The van der Waals surface area contributed by atoms with E-state index in [0.717, 1.165) is 61.2 Å². The molecule has 3 heterocycles. The molecule has 9 heteroatoms. The van der Waals surface area contributed by atoms with Gasteiger partial charge in [0.05, 0.1) is 17.6 Å². The van der Waals surface area contributed by atoms with Crippen LogP contribution >= 0.6 is 11.3 Å². The number of rotatable bonds is 6. The van der Waals surface area contributed by atoms with Crippen molar-refractivity contribution >= 4 is 45.1 Å². The van der Waals surface area contributed by atoms with Crippen molar-refractivity contribution in [2.75, 3.05) is 43.0 Å². The Bertz CT molecular complexity index is 1280. The van der Waals surface area contributed by atoms with E-state index in [4.69, 9.17) is 14.7 Å². The lowest BCUT2D eigenvalue weighted by molar-refractivity contribution is 0.0526. The third-order valence-corrected chi connectivity index (χ3v) is 8.32. The molecular weight excluding hydrogens is 486 g/mol. The van der Waals surface area contributed by atoms with Crippen molar-refractivity contribution in [3.8, 4) is 0 Å². The van der Waals surface area contributed by atoms with Gasteiger partial charge in [-0.3, -0.25) is 0 Å². The minimum Gasteiger partial charge on any atom is -0.462 e. The van der Waals surface area contributed by atoms with Crippen LogP contribution in [0.5, 0.6) is 0 Å². The van der Waals surface area contributed by atoms with Gasteiger partial charge in [-0.1, -0.05) is 13.8 Å². The van der Waals surface area contributed by atoms with Crippen molar-refractivity contribution in [1.82, 2.24) is 14.9 Å². The average molecular weight is 522 g/mol. The number of carbonyl (C=O) groups excluding carboxylic acids is 2. The van der Waals surface area contributed by atoms with Gasteiger partial charge in [-0.25, -0.2) is 19.6 Å². The predicted molar refractivity (Wildman–Crippen MR) is 148 cm³/mol. The maximum Gasteiger partial charge on any atom is 0.338 e. The molecule has 1 N–H and O–H groups in total.